The molecule has 2 aliphatic carbocycles. The molecule has 1 saturated carbocycles. The molecule has 0 aromatic heterocycles. The van der Waals surface area contributed by atoms with Crippen molar-refractivity contribution in [3.05, 3.63) is 70.8 Å². The number of methoxy groups -OCH3 is 2. The number of carbonyl (C=O) groups is 1. The fraction of sp³-hybridized carbons (Fsp3) is 0.400. The van der Waals surface area contributed by atoms with Gasteiger partial charge in [0.15, 0.2) is 17.3 Å². The lowest BCUT2D eigenvalue weighted by Gasteiger charge is -2.27. The van der Waals surface area contributed by atoms with Crippen LogP contribution in [0.3, 0.4) is 0 Å². The molecular formula is C25H27NO4. The van der Waals surface area contributed by atoms with Gasteiger partial charge < -0.3 is 14.6 Å². The van der Waals surface area contributed by atoms with E-state index in [1.54, 1.807) is 20.3 Å². The molecule has 3 aliphatic rings. The van der Waals surface area contributed by atoms with E-state index in [0.717, 1.165) is 31.6 Å². The Labute approximate surface area is 176 Å². The Morgan fingerprint density at radius 1 is 1.13 bits per heavy atom. The Balaban J connectivity index is 1.34. The van der Waals surface area contributed by atoms with Crippen molar-refractivity contribution in [3.63, 3.8) is 0 Å². The largest absolute Gasteiger partial charge is 0.493 e. The van der Waals surface area contributed by atoms with Gasteiger partial charge in [0.05, 0.1) is 25.7 Å². The average molecular weight is 405 g/mol. The molecule has 1 N–H and O–H groups in total. The monoisotopic (exact) mass is 405 g/mol. The van der Waals surface area contributed by atoms with Crippen molar-refractivity contribution in [3.8, 4) is 11.5 Å². The van der Waals surface area contributed by atoms with Gasteiger partial charge in [0.2, 0.25) is 0 Å². The summed E-state index contributed by atoms with van der Waals surface area (Å²) in [6.45, 7) is 2.72. The second kappa shape index (κ2) is 7.25. The highest BCUT2D eigenvalue weighted by atomic mass is 16.5. The van der Waals surface area contributed by atoms with Gasteiger partial charge in [0, 0.05) is 31.1 Å². The van der Waals surface area contributed by atoms with Crippen LogP contribution in [0.15, 0.2) is 54.1 Å². The molecule has 5 nitrogen and oxygen atoms in total. The summed E-state index contributed by atoms with van der Waals surface area (Å²) in [5, 5.41) is 10.9. The number of hydrogen-bond acceptors (Lipinski definition) is 5. The minimum absolute atomic E-state index is 0.0450. The predicted molar refractivity (Wildman–Crippen MR) is 114 cm³/mol. The van der Waals surface area contributed by atoms with Gasteiger partial charge in [-0.15, -0.1) is 0 Å². The van der Waals surface area contributed by atoms with Gasteiger partial charge >= 0.3 is 0 Å². The number of ketones is 1. The zero-order chi connectivity index (χ0) is 20.9. The number of nitrogens with zero attached hydrogens (tertiary/aromatic N) is 1. The number of hydrogen-bond donors (Lipinski definition) is 1. The van der Waals surface area contributed by atoms with Gasteiger partial charge in [-0.1, -0.05) is 42.0 Å². The van der Waals surface area contributed by atoms with Crippen molar-refractivity contribution in [1.29, 1.82) is 0 Å². The van der Waals surface area contributed by atoms with Gasteiger partial charge in [-0.05, 0) is 36.1 Å². The Bertz CT molecular complexity index is 1020. The van der Waals surface area contributed by atoms with E-state index in [1.165, 1.54) is 11.1 Å². The van der Waals surface area contributed by atoms with Crippen LogP contribution in [-0.4, -0.2) is 49.2 Å². The van der Waals surface area contributed by atoms with Crippen LogP contribution in [0.25, 0.3) is 0 Å². The SMILES string of the molecule is COc1cc2c(cc1OC)C(=O)[C@]1(C2)C(C2=CCN(Cc3ccccc3)CC2)[C@H]1O. The molecule has 2 aromatic carbocycles. The Kier molecular flexibility index (Phi) is 4.68. The van der Waals surface area contributed by atoms with E-state index >= 15 is 0 Å². The molecule has 2 aromatic rings. The minimum Gasteiger partial charge on any atom is -0.493 e. The molecule has 1 unspecified atom stereocenters. The van der Waals surface area contributed by atoms with E-state index in [4.69, 9.17) is 9.47 Å². The highest BCUT2D eigenvalue weighted by Gasteiger charge is 2.72. The fourth-order valence-corrected chi connectivity index (χ4v) is 5.36. The van der Waals surface area contributed by atoms with E-state index in [1.807, 2.05) is 12.1 Å². The molecule has 30 heavy (non-hydrogen) atoms. The molecule has 0 radical (unpaired) electrons. The van der Waals surface area contributed by atoms with Crippen LogP contribution >= 0.6 is 0 Å². The number of benzene rings is 2. The topological polar surface area (TPSA) is 59.0 Å². The number of carbonyl (C=O) groups excluding carboxylic acids is 1. The Morgan fingerprint density at radius 2 is 1.87 bits per heavy atom. The molecule has 5 heteroatoms. The molecular weight excluding hydrogens is 378 g/mol. The summed E-state index contributed by atoms with van der Waals surface area (Å²) in [6.07, 6.45) is 3.08. The van der Waals surface area contributed by atoms with E-state index in [-0.39, 0.29) is 11.7 Å². The molecule has 1 aliphatic heterocycles. The Hall–Kier alpha value is -2.63. The summed E-state index contributed by atoms with van der Waals surface area (Å²) in [5.41, 5.74) is 3.44. The predicted octanol–water partition coefficient (Wildman–Crippen LogP) is 3.25. The quantitative estimate of drug-likeness (QED) is 0.774. The second-order valence-corrected chi connectivity index (χ2v) is 8.58. The zero-order valence-corrected chi connectivity index (χ0v) is 17.4. The van der Waals surface area contributed by atoms with E-state index in [2.05, 4.69) is 35.2 Å². The van der Waals surface area contributed by atoms with Gasteiger partial charge in [-0.2, -0.15) is 0 Å². The summed E-state index contributed by atoms with van der Waals surface area (Å²) in [4.78, 5) is 15.7. The first kappa shape index (κ1) is 19.3. The van der Waals surface area contributed by atoms with Crippen molar-refractivity contribution in [1.82, 2.24) is 4.90 Å². The third-order valence-corrected chi connectivity index (χ3v) is 7.03. The first-order valence-corrected chi connectivity index (χ1v) is 10.5. The maximum absolute atomic E-state index is 13.3. The van der Waals surface area contributed by atoms with Gasteiger partial charge in [0.1, 0.15) is 0 Å². The van der Waals surface area contributed by atoms with E-state index in [0.29, 0.717) is 23.5 Å². The first-order chi connectivity index (χ1) is 14.6. The van der Waals surface area contributed by atoms with Crippen LogP contribution in [0.2, 0.25) is 0 Å². The summed E-state index contributed by atoms with van der Waals surface area (Å²) >= 11 is 0. The number of ether oxygens (including phenoxy) is 2. The van der Waals surface area contributed by atoms with Crippen LogP contribution in [0.5, 0.6) is 11.5 Å². The average Bonchev–Trinajstić information content (AvgIpc) is 3.26. The third-order valence-electron chi connectivity index (χ3n) is 7.03. The molecule has 3 atom stereocenters. The second-order valence-electron chi connectivity index (χ2n) is 8.58. The zero-order valence-electron chi connectivity index (χ0n) is 17.4. The smallest absolute Gasteiger partial charge is 0.173 e. The fourth-order valence-electron chi connectivity index (χ4n) is 5.36. The lowest BCUT2D eigenvalue weighted by atomic mass is 9.92. The van der Waals surface area contributed by atoms with Crippen LogP contribution in [0, 0.1) is 11.3 Å². The number of Topliss-reactive ketones (excluding diaryl/α,β-unsaturated/α-hetero) is 1. The maximum atomic E-state index is 13.3. The standard InChI is InChI=1S/C25H27NO4/c1-29-20-12-18-14-25(23(27)19(18)13-21(20)30-2)22(24(25)28)17-8-10-26(11-9-17)15-16-6-4-3-5-7-16/h3-8,12-13,22,24,28H,9-11,14-15H2,1-2H3/t22?,24-,25+/m1/s1. The Morgan fingerprint density at radius 3 is 2.53 bits per heavy atom. The van der Waals surface area contributed by atoms with Gasteiger partial charge in [0.25, 0.3) is 0 Å². The van der Waals surface area contributed by atoms with Crippen LogP contribution in [0.1, 0.15) is 27.9 Å². The summed E-state index contributed by atoms with van der Waals surface area (Å²) in [5.74, 6) is 1.15. The molecule has 0 saturated heterocycles. The van der Waals surface area contributed by atoms with Crippen LogP contribution in [-0.2, 0) is 13.0 Å². The maximum Gasteiger partial charge on any atom is 0.173 e. The number of rotatable bonds is 5. The molecule has 1 spiro atoms. The van der Waals surface area contributed by atoms with Crippen molar-refractivity contribution < 1.29 is 19.4 Å². The highest BCUT2D eigenvalue weighted by molar-refractivity contribution is 6.08. The molecule has 156 valence electrons. The number of fused-ring (bicyclic) bond motifs is 1. The van der Waals surface area contributed by atoms with Crippen LogP contribution < -0.4 is 9.47 Å². The van der Waals surface area contributed by atoms with E-state index < -0.39 is 11.5 Å². The van der Waals surface area contributed by atoms with Crippen molar-refractivity contribution in [2.45, 2.75) is 25.5 Å². The summed E-state index contributed by atoms with van der Waals surface area (Å²) in [7, 11) is 3.17. The molecule has 0 bridgehead atoms. The molecule has 5 rings (SSSR count). The summed E-state index contributed by atoms with van der Waals surface area (Å²) in [6, 6.07) is 14.1. The lowest BCUT2D eigenvalue weighted by Crippen LogP contribution is -2.29. The van der Waals surface area contributed by atoms with Crippen molar-refractivity contribution >= 4 is 5.78 Å². The number of aliphatic hydroxyl groups is 1. The van der Waals surface area contributed by atoms with E-state index in [9.17, 15) is 9.90 Å². The normalized spacial score (nSPS) is 27.7. The van der Waals surface area contributed by atoms with Crippen molar-refractivity contribution in [2.24, 2.45) is 11.3 Å². The highest BCUT2D eigenvalue weighted by Crippen LogP contribution is 2.64. The summed E-state index contributed by atoms with van der Waals surface area (Å²) < 4.78 is 10.8. The third kappa shape index (κ3) is 2.88. The van der Waals surface area contributed by atoms with Crippen LogP contribution in [0.4, 0.5) is 0 Å². The molecule has 1 heterocycles. The first-order valence-electron chi connectivity index (χ1n) is 10.5. The lowest BCUT2D eigenvalue weighted by molar-refractivity contribution is 0.0868. The van der Waals surface area contributed by atoms with Gasteiger partial charge in [-0.3, -0.25) is 9.69 Å². The molecule has 1 fully saturated rings. The van der Waals surface area contributed by atoms with Gasteiger partial charge in [-0.25, -0.2) is 0 Å². The van der Waals surface area contributed by atoms with Crippen molar-refractivity contribution in [2.75, 3.05) is 27.3 Å². The minimum atomic E-state index is -0.701. The number of aliphatic hydroxyl groups excluding tert-OH is 1. The molecule has 0 amide bonds.